The van der Waals surface area contributed by atoms with Crippen LogP contribution in [0.1, 0.15) is 115 Å². The first-order valence-corrected chi connectivity index (χ1v) is 17.7. The second-order valence-electron chi connectivity index (χ2n) is 13.5. The highest BCUT2D eigenvalue weighted by molar-refractivity contribution is 5.74. The lowest BCUT2D eigenvalue weighted by Gasteiger charge is -2.35. The molecule has 0 spiro atoms. The first-order chi connectivity index (χ1) is 22.0. The predicted molar refractivity (Wildman–Crippen MR) is 184 cm³/mol. The molecule has 45 heavy (non-hydrogen) atoms. The van der Waals surface area contributed by atoms with Gasteiger partial charge in [0.15, 0.2) is 11.6 Å². The molecule has 2 aliphatic carbocycles. The number of aryl methyl sites for hydroxylation is 1. The Morgan fingerprint density at radius 1 is 0.667 bits per heavy atom. The van der Waals surface area contributed by atoms with Crippen LogP contribution in [0.3, 0.4) is 0 Å². The van der Waals surface area contributed by atoms with E-state index < -0.39 is 11.6 Å². The van der Waals surface area contributed by atoms with Gasteiger partial charge in [-0.2, -0.15) is 0 Å². The van der Waals surface area contributed by atoms with E-state index in [2.05, 4.69) is 32.1 Å². The Labute approximate surface area is 269 Å². The lowest BCUT2D eigenvalue weighted by Crippen LogP contribution is -2.22. The van der Waals surface area contributed by atoms with Crippen molar-refractivity contribution in [3.8, 4) is 22.3 Å². The first-order valence-electron chi connectivity index (χ1n) is 17.7. The van der Waals surface area contributed by atoms with Crippen LogP contribution in [0.25, 0.3) is 27.8 Å². The van der Waals surface area contributed by atoms with Crippen molar-refractivity contribution in [3.05, 3.63) is 101 Å². The third-order valence-electron chi connectivity index (χ3n) is 10.5. The normalized spacial score (nSPS) is 20.5. The van der Waals surface area contributed by atoms with Crippen molar-refractivity contribution in [3.63, 3.8) is 0 Å². The van der Waals surface area contributed by atoms with Gasteiger partial charge in [-0.3, -0.25) is 0 Å². The van der Waals surface area contributed by atoms with Crippen LogP contribution >= 0.6 is 0 Å². The Morgan fingerprint density at radius 2 is 1.33 bits per heavy atom. The smallest absolute Gasteiger partial charge is 0.166 e. The summed E-state index contributed by atoms with van der Waals surface area (Å²) in [5.74, 6) is 0.559. The van der Waals surface area contributed by atoms with Gasteiger partial charge in [-0.15, -0.1) is 0 Å². The summed E-state index contributed by atoms with van der Waals surface area (Å²) in [6.45, 7) is 4.32. The highest BCUT2D eigenvalue weighted by Gasteiger charge is 2.28. The van der Waals surface area contributed by atoms with Crippen LogP contribution in [-0.2, 0) is 6.42 Å². The van der Waals surface area contributed by atoms with Crippen LogP contribution < -0.4 is 0 Å². The molecule has 5 rings (SSSR count). The monoisotopic (exact) mass is 612 g/mol. The van der Waals surface area contributed by atoms with Crippen molar-refractivity contribution in [1.82, 2.24) is 0 Å². The second-order valence-corrected chi connectivity index (χ2v) is 13.5. The van der Waals surface area contributed by atoms with E-state index in [4.69, 9.17) is 0 Å². The molecule has 0 nitrogen and oxygen atoms in total. The van der Waals surface area contributed by atoms with Crippen LogP contribution in [0.5, 0.6) is 0 Å². The first kappa shape index (κ1) is 33.3. The zero-order valence-electron chi connectivity index (χ0n) is 27.4. The maximum Gasteiger partial charge on any atom is 0.166 e. The number of halogens is 3. The van der Waals surface area contributed by atoms with Gasteiger partial charge in [0, 0.05) is 11.1 Å². The average molecular weight is 613 g/mol. The minimum absolute atomic E-state index is 0.196. The SMILES string of the molecule is CC=CC1CCC(C2CC=C(c3ccc(-c4ccc(-c5ccc(CCCCCCCCC)c(F)c5F)cc4)cc3F)CC2)CC1. The van der Waals surface area contributed by atoms with Gasteiger partial charge in [-0.1, -0.05) is 112 Å². The summed E-state index contributed by atoms with van der Waals surface area (Å²) in [4.78, 5) is 0. The lowest BCUT2D eigenvalue weighted by atomic mass is 9.71. The van der Waals surface area contributed by atoms with E-state index >= 15 is 8.78 Å². The van der Waals surface area contributed by atoms with E-state index in [9.17, 15) is 4.39 Å². The Hall–Kier alpha value is -3.07. The number of unbranched alkanes of at least 4 members (excludes halogenated alkanes) is 6. The van der Waals surface area contributed by atoms with Crippen molar-refractivity contribution >= 4 is 5.57 Å². The molecular weight excluding hydrogens is 561 g/mol. The van der Waals surface area contributed by atoms with Crippen LogP contribution in [-0.4, -0.2) is 0 Å². The number of hydrogen-bond acceptors (Lipinski definition) is 0. The molecule has 0 radical (unpaired) electrons. The van der Waals surface area contributed by atoms with Crippen LogP contribution in [0.2, 0.25) is 0 Å². The van der Waals surface area contributed by atoms with Crippen molar-refractivity contribution < 1.29 is 13.2 Å². The summed E-state index contributed by atoms with van der Waals surface area (Å²) in [7, 11) is 0. The van der Waals surface area contributed by atoms with Gasteiger partial charge in [0.25, 0.3) is 0 Å². The number of allylic oxidation sites excluding steroid dienone is 4. The van der Waals surface area contributed by atoms with Gasteiger partial charge in [-0.05, 0) is 116 Å². The fraction of sp³-hybridized carbons (Fsp3) is 0.476. The Balaban J connectivity index is 1.18. The Morgan fingerprint density at radius 3 is 2.00 bits per heavy atom. The lowest BCUT2D eigenvalue weighted by molar-refractivity contribution is 0.212. The van der Waals surface area contributed by atoms with E-state index in [1.165, 1.54) is 51.4 Å². The van der Waals surface area contributed by atoms with Crippen molar-refractivity contribution in [1.29, 1.82) is 0 Å². The van der Waals surface area contributed by atoms with Gasteiger partial charge in [-0.25, -0.2) is 13.2 Å². The summed E-state index contributed by atoms with van der Waals surface area (Å²) < 4.78 is 45.4. The predicted octanol–water partition coefficient (Wildman–Crippen LogP) is 13.3. The molecule has 0 heterocycles. The Bertz CT molecular complexity index is 1440. The highest BCUT2D eigenvalue weighted by Crippen LogP contribution is 2.42. The number of rotatable bonds is 13. The van der Waals surface area contributed by atoms with Crippen molar-refractivity contribution in [2.45, 2.75) is 110 Å². The minimum Gasteiger partial charge on any atom is -0.206 e. The van der Waals surface area contributed by atoms with Gasteiger partial charge < -0.3 is 0 Å². The maximum atomic E-state index is 15.4. The summed E-state index contributed by atoms with van der Waals surface area (Å²) >= 11 is 0. The maximum absolute atomic E-state index is 15.4. The number of hydrogen-bond donors (Lipinski definition) is 0. The van der Waals surface area contributed by atoms with E-state index in [1.807, 2.05) is 24.3 Å². The summed E-state index contributed by atoms with van der Waals surface area (Å²) in [6, 6.07) is 16.2. The van der Waals surface area contributed by atoms with Gasteiger partial charge in [0.05, 0.1) is 0 Å². The van der Waals surface area contributed by atoms with Crippen molar-refractivity contribution in [2.24, 2.45) is 17.8 Å². The molecule has 0 aliphatic heterocycles. The van der Waals surface area contributed by atoms with E-state index in [-0.39, 0.29) is 11.4 Å². The molecule has 3 aromatic rings. The van der Waals surface area contributed by atoms with Crippen LogP contribution in [0, 0.1) is 35.2 Å². The largest absolute Gasteiger partial charge is 0.206 e. The molecule has 0 bridgehead atoms. The number of benzene rings is 3. The summed E-state index contributed by atoms with van der Waals surface area (Å²) in [5.41, 5.74) is 4.80. The van der Waals surface area contributed by atoms with Crippen LogP contribution in [0.15, 0.2) is 72.8 Å². The molecule has 0 amide bonds. The Kier molecular flexibility index (Phi) is 12.2. The standard InChI is InChI=1S/C42H51F3/c1-3-5-6-7-8-9-10-12-36-25-28-39(42(45)41(36)44)35-23-19-33(20-24-35)37-26-27-38(40(43)29-37)34-21-17-32(18-22-34)31-15-13-30(11-4-2)14-16-31/h4,11,19-21,23-32H,3,5-10,12-18,22H2,1-2H3. The van der Waals surface area contributed by atoms with E-state index in [0.717, 1.165) is 73.0 Å². The zero-order chi connectivity index (χ0) is 31.6. The summed E-state index contributed by atoms with van der Waals surface area (Å²) in [6.07, 6.45) is 23.8. The molecule has 1 atom stereocenters. The molecule has 1 unspecified atom stereocenters. The van der Waals surface area contributed by atoms with Crippen LogP contribution in [0.4, 0.5) is 13.2 Å². The molecule has 1 saturated carbocycles. The molecule has 0 aromatic heterocycles. The summed E-state index contributed by atoms with van der Waals surface area (Å²) in [5, 5.41) is 0. The zero-order valence-corrected chi connectivity index (χ0v) is 27.4. The molecule has 1 fully saturated rings. The molecule has 0 saturated heterocycles. The topological polar surface area (TPSA) is 0 Å². The fourth-order valence-electron chi connectivity index (χ4n) is 7.68. The van der Waals surface area contributed by atoms with E-state index in [1.54, 1.807) is 30.3 Å². The molecule has 3 aromatic carbocycles. The van der Waals surface area contributed by atoms with Crippen molar-refractivity contribution in [2.75, 3.05) is 0 Å². The van der Waals surface area contributed by atoms with Gasteiger partial charge in [0.2, 0.25) is 0 Å². The van der Waals surface area contributed by atoms with Gasteiger partial charge >= 0.3 is 0 Å². The molecule has 0 N–H and O–H groups in total. The minimum atomic E-state index is -0.789. The highest BCUT2D eigenvalue weighted by atomic mass is 19.2. The van der Waals surface area contributed by atoms with Gasteiger partial charge in [0.1, 0.15) is 5.82 Å². The third kappa shape index (κ3) is 8.60. The second kappa shape index (κ2) is 16.5. The molecular formula is C42H51F3. The molecule has 2 aliphatic rings. The molecule has 3 heteroatoms. The average Bonchev–Trinajstić information content (AvgIpc) is 3.07. The third-order valence-corrected chi connectivity index (χ3v) is 10.5. The quantitative estimate of drug-likeness (QED) is 0.133. The van der Waals surface area contributed by atoms with E-state index in [0.29, 0.717) is 23.1 Å². The fourth-order valence-corrected chi connectivity index (χ4v) is 7.68. The molecule has 240 valence electrons.